The Kier molecular flexibility index (Phi) is 12.2. The van der Waals surface area contributed by atoms with Crippen molar-refractivity contribution < 1.29 is 29.3 Å². The molecule has 0 radical (unpaired) electrons. The fraction of sp³-hybridized carbons (Fsp3) is 0.486. The minimum absolute atomic E-state index is 0.374. The Balaban J connectivity index is 0.000000205. The first-order valence-electron chi connectivity index (χ1n) is 17.6. The van der Waals surface area contributed by atoms with E-state index >= 15 is 0 Å². The van der Waals surface area contributed by atoms with Crippen LogP contribution in [0.1, 0.15) is 80.6 Å². The molecular formula is C37H48N8O6. The van der Waals surface area contributed by atoms with Gasteiger partial charge in [-0.15, -0.1) is 0 Å². The Bertz CT molecular complexity index is 1830. The number of imidazole rings is 2. The fourth-order valence-electron chi connectivity index (χ4n) is 6.57. The molecule has 5 N–H and O–H groups in total. The number of ether oxygens (including phenoxy) is 1. The summed E-state index contributed by atoms with van der Waals surface area (Å²) in [5.41, 5.74) is 13.0. The number of alkyl carbamates (subject to hydrolysis) is 1. The molecule has 0 spiro atoms. The number of nitrogens with one attached hydrogen (secondary N) is 1. The number of hydrogen-bond donors (Lipinski definition) is 4. The van der Waals surface area contributed by atoms with Crippen molar-refractivity contribution in [2.24, 2.45) is 17.6 Å². The Labute approximate surface area is 297 Å². The lowest BCUT2D eigenvalue weighted by molar-refractivity contribution is -0.143. The third kappa shape index (κ3) is 9.57. The van der Waals surface area contributed by atoms with Gasteiger partial charge in [-0.1, -0.05) is 0 Å². The molecule has 0 bridgehead atoms. The molecule has 2 atom stereocenters. The number of rotatable bonds is 13. The van der Waals surface area contributed by atoms with E-state index in [1.807, 2.05) is 33.4 Å². The summed E-state index contributed by atoms with van der Waals surface area (Å²) in [5.74, 6) is -2.58. The molecule has 14 nitrogen and oxygen atoms in total. The molecule has 1 amide bonds. The van der Waals surface area contributed by atoms with Gasteiger partial charge in [0.15, 0.2) is 0 Å². The van der Waals surface area contributed by atoms with Crippen molar-refractivity contribution in [1.29, 1.82) is 0 Å². The van der Waals surface area contributed by atoms with Crippen molar-refractivity contribution in [3.63, 3.8) is 0 Å². The van der Waals surface area contributed by atoms with E-state index in [1.165, 1.54) is 0 Å². The molecule has 14 heteroatoms. The summed E-state index contributed by atoms with van der Waals surface area (Å²) in [7, 11) is 0. The second-order valence-corrected chi connectivity index (χ2v) is 13.9. The van der Waals surface area contributed by atoms with Gasteiger partial charge >= 0.3 is 18.0 Å². The molecule has 2 aliphatic heterocycles. The van der Waals surface area contributed by atoms with Gasteiger partial charge < -0.3 is 35.1 Å². The maximum Gasteiger partial charge on any atom is 0.407 e. The van der Waals surface area contributed by atoms with Gasteiger partial charge in [-0.2, -0.15) is 0 Å². The molecular weight excluding hydrogens is 652 g/mol. The molecule has 272 valence electrons. The van der Waals surface area contributed by atoms with Crippen molar-refractivity contribution in [1.82, 2.24) is 34.4 Å². The zero-order valence-electron chi connectivity index (χ0n) is 29.5. The van der Waals surface area contributed by atoms with Crippen LogP contribution in [0.5, 0.6) is 0 Å². The van der Waals surface area contributed by atoms with Crippen LogP contribution in [0.2, 0.25) is 0 Å². The van der Waals surface area contributed by atoms with Crippen LogP contribution < -0.4 is 11.1 Å². The topological polar surface area (TPSA) is 200 Å². The SMILES string of the molecule is CC(C)(C)OC(=O)NCCCC(Cc1ncn2c1CCc1ncccc1-2)C(=O)O.NCCCC(Cc1ncn2c1CCc1ncccc1-2)C(=O)O. The van der Waals surface area contributed by atoms with Crippen molar-refractivity contribution in [2.45, 2.75) is 90.6 Å². The second-order valence-electron chi connectivity index (χ2n) is 13.9. The van der Waals surface area contributed by atoms with Gasteiger partial charge in [0.1, 0.15) is 5.60 Å². The van der Waals surface area contributed by atoms with E-state index in [0.717, 1.165) is 77.6 Å². The van der Waals surface area contributed by atoms with Gasteiger partial charge in [0.05, 0.1) is 58.6 Å². The van der Waals surface area contributed by atoms with Crippen LogP contribution in [0.4, 0.5) is 4.79 Å². The quantitative estimate of drug-likeness (QED) is 0.145. The first kappa shape index (κ1) is 37.2. The smallest absolute Gasteiger partial charge is 0.407 e. The predicted molar refractivity (Wildman–Crippen MR) is 189 cm³/mol. The van der Waals surface area contributed by atoms with E-state index in [4.69, 9.17) is 10.5 Å². The molecule has 6 rings (SSSR count). The van der Waals surface area contributed by atoms with E-state index < -0.39 is 35.5 Å². The summed E-state index contributed by atoms with van der Waals surface area (Å²) in [5, 5.41) is 21.7. The van der Waals surface area contributed by atoms with E-state index in [9.17, 15) is 24.6 Å². The molecule has 0 saturated carbocycles. The van der Waals surface area contributed by atoms with E-state index in [-0.39, 0.29) is 0 Å². The molecule has 0 saturated heterocycles. The first-order valence-corrected chi connectivity index (χ1v) is 17.6. The van der Waals surface area contributed by atoms with Crippen molar-refractivity contribution in [3.05, 3.63) is 83.5 Å². The van der Waals surface area contributed by atoms with E-state index in [1.54, 1.807) is 45.8 Å². The number of nitrogens with two attached hydrogens (primary N) is 1. The van der Waals surface area contributed by atoms with Crippen molar-refractivity contribution in [3.8, 4) is 11.4 Å². The van der Waals surface area contributed by atoms with Gasteiger partial charge in [0.25, 0.3) is 0 Å². The first-order chi connectivity index (χ1) is 24.4. The minimum atomic E-state index is -0.845. The van der Waals surface area contributed by atoms with Gasteiger partial charge in [-0.05, 0) is 103 Å². The minimum Gasteiger partial charge on any atom is -0.481 e. The summed E-state index contributed by atoms with van der Waals surface area (Å²) in [4.78, 5) is 52.6. The average Bonchev–Trinajstić information content (AvgIpc) is 3.71. The number of carboxylic acid groups (broad SMARTS) is 2. The number of aliphatic carboxylic acids is 2. The summed E-state index contributed by atoms with van der Waals surface area (Å²) >= 11 is 0. The highest BCUT2D eigenvalue weighted by molar-refractivity contribution is 5.71. The van der Waals surface area contributed by atoms with Gasteiger partial charge in [0, 0.05) is 43.2 Å². The Morgan fingerprint density at radius 2 is 1.29 bits per heavy atom. The number of aromatic nitrogens is 6. The number of carbonyl (C=O) groups excluding carboxylic acids is 1. The fourth-order valence-corrected chi connectivity index (χ4v) is 6.57. The van der Waals surface area contributed by atoms with Crippen molar-refractivity contribution >= 4 is 18.0 Å². The largest absolute Gasteiger partial charge is 0.481 e. The van der Waals surface area contributed by atoms with Crippen LogP contribution in [0.3, 0.4) is 0 Å². The summed E-state index contributed by atoms with van der Waals surface area (Å²) in [6, 6.07) is 7.84. The second kappa shape index (κ2) is 16.7. The molecule has 51 heavy (non-hydrogen) atoms. The summed E-state index contributed by atoms with van der Waals surface area (Å²) < 4.78 is 9.25. The normalized spacial score (nSPS) is 14.0. The van der Waals surface area contributed by atoms with Crippen LogP contribution >= 0.6 is 0 Å². The number of carboxylic acids is 2. The Morgan fingerprint density at radius 1 is 0.804 bits per heavy atom. The van der Waals surface area contributed by atoms with Gasteiger partial charge in [0.2, 0.25) is 0 Å². The number of hydrogen-bond acceptors (Lipinski definition) is 9. The lowest BCUT2D eigenvalue weighted by Gasteiger charge is -2.20. The number of carbonyl (C=O) groups is 3. The lowest BCUT2D eigenvalue weighted by Crippen LogP contribution is -2.33. The third-order valence-electron chi connectivity index (χ3n) is 9.09. The zero-order chi connectivity index (χ0) is 36.5. The molecule has 4 aromatic heterocycles. The number of fused-ring (bicyclic) bond motifs is 6. The molecule has 2 unspecified atom stereocenters. The monoisotopic (exact) mass is 700 g/mol. The molecule has 2 aliphatic rings. The Hall–Kier alpha value is -5.11. The maximum atomic E-state index is 11.8. The highest BCUT2D eigenvalue weighted by Crippen LogP contribution is 2.28. The predicted octanol–water partition coefficient (Wildman–Crippen LogP) is 4.26. The molecule has 0 aliphatic carbocycles. The number of amides is 1. The van der Waals surface area contributed by atoms with Crippen molar-refractivity contribution in [2.75, 3.05) is 13.1 Å². The van der Waals surface area contributed by atoms with Gasteiger partial charge in [-0.25, -0.2) is 14.8 Å². The molecule has 4 aromatic rings. The van der Waals surface area contributed by atoms with Crippen LogP contribution in [0.25, 0.3) is 11.4 Å². The van der Waals surface area contributed by atoms with Crippen LogP contribution in [0, 0.1) is 11.8 Å². The molecule has 0 aromatic carbocycles. The number of aryl methyl sites for hydroxylation is 2. The highest BCUT2D eigenvalue weighted by atomic mass is 16.6. The van der Waals surface area contributed by atoms with Crippen LogP contribution in [-0.4, -0.2) is 76.0 Å². The summed E-state index contributed by atoms with van der Waals surface area (Å²) in [6.07, 6.45) is 13.1. The third-order valence-corrected chi connectivity index (χ3v) is 9.09. The van der Waals surface area contributed by atoms with E-state index in [2.05, 4.69) is 25.3 Å². The highest BCUT2D eigenvalue weighted by Gasteiger charge is 2.27. The molecule has 0 fully saturated rings. The molecule has 6 heterocycles. The van der Waals surface area contributed by atoms with E-state index in [0.29, 0.717) is 45.2 Å². The Morgan fingerprint density at radius 3 is 1.75 bits per heavy atom. The standard InChI is InChI=1S/C21H28N4O4.C16H20N4O2/c1-21(2,3)29-20(28)23-11-4-6-14(19(26)27)12-16-18-9-8-15-17(7-5-10-22-15)25(18)13-24-16;17-7-1-3-11(16(21)22)9-13-15-6-5-12-14(4-2-8-18-12)20(15)10-19-13/h5,7,10,13-14H,4,6,8-9,11-12H2,1-3H3,(H,23,28)(H,26,27);2,4,8,10-11H,1,3,5-7,9,17H2,(H,21,22). The number of pyridine rings is 2. The maximum absolute atomic E-state index is 11.8. The van der Waals surface area contributed by atoms with Crippen LogP contribution in [-0.2, 0) is 52.9 Å². The van der Waals surface area contributed by atoms with Gasteiger partial charge in [-0.3, -0.25) is 19.6 Å². The number of nitrogens with zero attached hydrogens (tertiary/aromatic N) is 6. The average molecular weight is 701 g/mol. The zero-order valence-corrected chi connectivity index (χ0v) is 29.5. The van der Waals surface area contributed by atoms with Crippen LogP contribution in [0.15, 0.2) is 49.3 Å². The summed E-state index contributed by atoms with van der Waals surface area (Å²) in [6.45, 7) is 6.29. The lowest BCUT2D eigenvalue weighted by atomic mass is 9.95.